The lowest BCUT2D eigenvalue weighted by Gasteiger charge is -2.21. The fourth-order valence-corrected chi connectivity index (χ4v) is 2.47. The minimum atomic E-state index is -0.481. The molecule has 0 atom stereocenters. The van der Waals surface area contributed by atoms with Crippen LogP contribution in [0.2, 0.25) is 0 Å². The van der Waals surface area contributed by atoms with Gasteiger partial charge in [-0.25, -0.2) is 9.97 Å². The number of nitro benzene ring substituents is 1. The average molecular weight is 329 g/mol. The van der Waals surface area contributed by atoms with Gasteiger partial charge in [0.25, 0.3) is 11.6 Å². The molecule has 0 radical (unpaired) electrons. The molecule has 0 fully saturated rings. The van der Waals surface area contributed by atoms with Gasteiger partial charge in [-0.3, -0.25) is 14.9 Å². The Hall–Kier alpha value is -3.03. The summed E-state index contributed by atoms with van der Waals surface area (Å²) in [6, 6.07) is 5.85. The molecule has 2 rings (SSSR count). The number of aryl methyl sites for hydroxylation is 1. The second-order valence-electron chi connectivity index (χ2n) is 5.17. The Morgan fingerprint density at radius 2 is 1.79 bits per heavy atom. The molecule has 0 unspecified atom stereocenters. The van der Waals surface area contributed by atoms with Gasteiger partial charge in [0.2, 0.25) is 5.95 Å². The van der Waals surface area contributed by atoms with Crippen LogP contribution in [0.5, 0.6) is 0 Å². The van der Waals surface area contributed by atoms with E-state index >= 15 is 0 Å². The van der Waals surface area contributed by atoms with E-state index < -0.39 is 4.92 Å². The fraction of sp³-hybridized carbons (Fsp3) is 0.312. The van der Waals surface area contributed by atoms with Gasteiger partial charge in [-0.05, 0) is 32.9 Å². The quantitative estimate of drug-likeness (QED) is 0.665. The monoisotopic (exact) mass is 329 g/mol. The van der Waals surface area contributed by atoms with E-state index in [-0.39, 0.29) is 17.5 Å². The fourth-order valence-electron chi connectivity index (χ4n) is 2.47. The summed E-state index contributed by atoms with van der Waals surface area (Å²) >= 11 is 0. The van der Waals surface area contributed by atoms with Crippen molar-refractivity contribution in [2.45, 2.75) is 20.8 Å². The van der Waals surface area contributed by atoms with Gasteiger partial charge < -0.3 is 10.6 Å². The van der Waals surface area contributed by atoms with Gasteiger partial charge >= 0.3 is 0 Å². The number of non-ortho nitro benzene ring substituents is 1. The van der Waals surface area contributed by atoms with Crippen LogP contribution in [-0.2, 0) is 0 Å². The van der Waals surface area contributed by atoms with Gasteiger partial charge in [-0.1, -0.05) is 0 Å². The minimum absolute atomic E-state index is 0.0332. The maximum atomic E-state index is 12.8. The van der Waals surface area contributed by atoms with Crippen molar-refractivity contribution in [1.82, 2.24) is 14.9 Å². The van der Waals surface area contributed by atoms with Crippen LogP contribution >= 0.6 is 0 Å². The van der Waals surface area contributed by atoms with Crippen molar-refractivity contribution in [2.75, 3.05) is 18.8 Å². The zero-order chi connectivity index (χ0) is 17.9. The molecule has 1 aromatic carbocycles. The second kappa shape index (κ2) is 7.03. The molecule has 8 nitrogen and oxygen atoms in total. The Balaban J connectivity index is 2.60. The van der Waals surface area contributed by atoms with Crippen molar-refractivity contribution in [3.8, 4) is 11.3 Å². The number of rotatable bonds is 5. The van der Waals surface area contributed by atoms with E-state index in [4.69, 9.17) is 5.73 Å². The van der Waals surface area contributed by atoms with Crippen LogP contribution in [0.4, 0.5) is 11.6 Å². The predicted molar refractivity (Wildman–Crippen MR) is 90.5 cm³/mol. The summed E-state index contributed by atoms with van der Waals surface area (Å²) < 4.78 is 0. The summed E-state index contributed by atoms with van der Waals surface area (Å²) in [7, 11) is 0. The number of hydrogen-bond acceptors (Lipinski definition) is 6. The predicted octanol–water partition coefficient (Wildman–Crippen LogP) is 2.42. The summed E-state index contributed by atoms with van der Waals surface area (Å²) in [5.41, 5.74) is 7.50. The molecule has 126 valence electrons. The van der Waals surface area contributed by atoms with E-state index in [9.17, 15) is 14.9 Å². The molecular weight excluding hydrogens is 310 g/mol. The van der Waals surface area contributed by atoms with Crippen LogP contribution < -0.4 is 5.73 Å². The number of nitrogens with two attached hydrogens (primary N) is 1. The third kappa shape index (κ3) is 3.32. The maximum Gasteiger partial charge on any atom is 0.269 e. The van der Waals surface area contributed by atoms with Crippen LogP contribution in [0.1, 0.15) is 29.9 Å². The number of amides is 1. The van der Waals surface area contributed by atoms with E-state index in [1.807, 2.05) is 13.8 Å². The molecule has 1 aromatic heterocycles. The van der Waals surface area contributed by atoms with Crippen LogP contribution in [0.15, 0.2) is 24.3 Å². The third-order valence-corrected chi connectivity index (χ3v) is 3.72. The number of anilines is 1. The molecule has 0 bridgehead atoms. The molecule has 2 N–H and O–H groups in total. The van der Waals surface area contributed by atoms with Crippen molar-refractivity contribution in [3.63, 3.8) is 0 Å². The van der Waals surface area contributed by atoms with E-state index in [0.717, 1.165) is 0 Å². The van der Waals surface area contributed by atoms with Crippen LogP contribution in [-0.4, -0.2) is 38.8 Å². The first kappa shape index (κ1) is 17.3. The normalized spacial score (nSPS) is 10.5. The first-order valence-corrected chi connectivity index (χ1v) is 7.57. The van der Waals surface area contributed by atoms with Gasteiger partial charge in [0, 0.05) is 30.8 Å². The number of nitrogens with zero attached hydrogens (tertiary/aromatic N) is 4. The number of benzene rings is 1. The third-order valence-electron chi connectivity index (χ3n) is 3.72. The standard InChI is InChI=1S/C16H19N5O3/c1-4-20(5-2)15(22)13-10(3)18-16(17)19-14(13)11-6-8-12(9-7-11)21(23)24/h6-9H,4-5H2,1-3H3,(H2,17,18,19). The molecular formula is C16H19N5O3. The molecule has 0 aliphatic heterocycles. The van der Waals surface area contributed by atoms with E-state index in [0.29, 0.717) is 35.6 Å². The smallest absolute Gasteiger partial charge is 0.269 e. The number of nitrogen functional groups attached to an aromatic ring is 1. The number of aromatic nitrogens is 2. The molecule has 0 saturated heterocycles. The van der Waals surface area contributed by atoms with Crippen LogP contribution in [0.25, 0.3) is 11.3 Å². The Morgan fingerprint density at radius 3 is 2.29 bits per heavy atom. The summed E-state index contributed by atoms with van der Waals surface area (Å²) in [6.45, 7) is 6.59. The zero-order valence-electron chi connectivity index (χ0n) is 13.8. The highest BCUT2D eigenvalue weighted by atomic mass is 16.6. The molecule has 0 aliphatic rings. The summed E-state index contributed by atoms with van der Waals surface area (Å²) in [5.74, 6) is -0.136. The Morgan fingerprint density at radius 1 is 1.21 bits per heavy atom. The van der Waals surface area contributed by atoms with Crippen molar-refractivity contribution >= 4 is 17.5 Å². The zero-order valence-corrected chi connectivity index (χ0v) is 13.8. The topological polar surface area (TPSA) is 115 Å². The number of hydrogen-bond donors (Lipinski definition) is 1. The lowest BCUT2D eigenvalue weighted by atomic mass is 10.0. The number of carbonyl (C=O) groups is 1. The van der Waals surface area contributed by atoms with Crippen molar-refractivity contribution < 1.29 is 9.72 Å². The highest BCUT2D eigenvalue weighted by molar-refractivity contribution is 6.01. The highest BCUT2D eigenvalue weighted by Gasteiger charge is 2.23. The molecule has 8 heteroatoms. The van der Waals surface area contributed by atoms with Gasteiger partial charge in [-0.2, -0.15) is 0 Å². The Bertz CT molecular complexity index is 770. The molecule has 1 amide bonds. The molecule has 0 saturated carbocycles. The van der Waals surface area contributed by atoms with Crippen LogP contribution in [0, 0.1) is 17.0 Å². The van der Waals surface area contributed by atoms with Gasteiger partial charge in [0.1, 0.15) is 0 Å². The average Bonchev–Trinajstić information content (AvgIpc) is 2.55. The molecule has 0 aliphatic carbocycles. The van der Waals surface area contributed by atoms with Crippen molar-refractivity contribution in [1.29, 1.82) is 0 Å². The van der Waals surface area contributed by atoms with E-state index in [1.54, 1.807) is 24.0 Å². The maximum absolute atomic E-state index is 12.8. The van der Waals surface area contributed by atoms with E-state index in [2.05, 4.69) is 9.97 Å². The highest BCUT2D eigenvalue weighted by Crippen LogP contribution is 2.27. The molecule has 0 spiro atoms. The van der Waals surface area contributed by atoms with Crippen molar-refractivity contribution in [3.05, 3.63) is 45.6 Å². The Kier molecular flexibility index (Phi) is 5.08. The van der Waals surface area contributed by atoms with E-state index in [1.165, 1.54) is 12.1 Å². The van der Waals surface area contributed by atoms with Gasteiger partial charge in [-0.15, -0.1) is 0 Å². The molecule has 2 aromatic rings. The SMILES string of the molecule is CCN(CC)C(=O)c1c(C)nc(N)nc1-c1ccc([N+](=O)[O-])cc1. The lowest BCUT2D eigenvalue weighted by molar-refractivity contribution is -0.384. The number of nitro groups is 1. The second-order valence-corrected chi connectivity index (χ2v) is 5.17. The van der Waals surface area contributed by atoms with Crippen LogP contribution in [0.3, 0.4) is 0 Å². The largest absolute Gasteiger partial charge is 0.368 e. The first-order chi connectivity index (χ1) is 11.4. The van der Waals surface area contributed by atoms with Gasteiger partial charge in [0.05, 0.1) is 21.9 Å². The lowest BCUT2D eigenvalue weighted by Crippen LogP contribution is -2.32. The van der Waals surface area contributed by atoms with Crippen molar-refractivity contribution in [2.24, 2.45) is 0 Å². The first-order valence-electron chi connectivity index (χ1n) is 7.57. The minimum Gasteiger partial charge on any atom is -0.368 e. The Labute approximate surface area is 139 Å². The summed E-state index contributed by atoms with van der Waals surface area (Å²) in [6.07, 6.45) is 0. The number of carbonyl (C=O) groups excluding carboxylic acids is 1. The molecule has 24 heavy (non-hydrogen) atoms. The molecule has 1 heterocycles. The summed E-state index contributed by atoms with van der Waals surface area (Å²) in [5, 5.41) is 10.8. The summed E-state index contributed by atoms with van der Waals surface area (Å²) in [4.78, 5) is 33.1. The van der Waals surface area contributed by atoms with Gasteiger partial charge in [0.15, 0.2) is 0 Å².